The molecule has 11 heteroatoms. The van der Waals surface area contributed by atoms with Crippen molar-refractivity contribution >= 4 is 30.0 Å². The summed E-state index contributed by atoms with van der Waals surface area (Å²) in [6.45, 7) is 7.99. The van der Waals surface area contributed by atoms with E-state index in [1.165, 1.54) is 0 Å². The van der Waals surface area contributed by atoms with Crippen LogP contribution < -0.4 is 5.43 Å². The first-order valence-electron chi connectivity index (χ1n) is 13.1. The van der Waals surface area contributed by atoms with E-state index >= 15 is 0 Å². The van der Waals surface area contributed by atoms with Crippen molar-refractivity contribution in [3.63, 3.8) is 0 Å². The maximum Gasteiger partial charge on any atom is 0.415 e. The molecule has 0 aromatic carbocycles. The number of alkyl halides is 3. The number of nitriles is 1. The Balaban J connectivity index is 1.49. The highest BCUT2D eigenvalue weighted by molar-refractivity contribution is 6.76. The van der Waals surface area contributed by atoms with Gasteiger partial charge in [-0.1, -0.05) is 19.6 Å². The molecule has 3 heterocycles. The second-order valence-electron chi connectivity index (χ2n) is 11.4. The van der Waals surface area contributed by atoms with Gasteiger partial charge in [0.05, 0.1) is 30.0 Å². The third kappa shape index (κ3) is 6.65. The lowest BCUT2D eigenvalue weighted by atomic mass is 9.86. The molecule has 0 saturated heterocycles. The van der Waals surface area contributed by atoms with E-state index in [1.807, 2.05) is 23.0 Å². The zero-order valence-corrected chi connectivity index (χ0v) is 23.1. The predicted molar refractivity (Wildman–Crippen MR) is 143 cm³/mol. The molecule has 0 N–H and O–H groups in total. The van der Waals surface area contributed by atoms with Gasteiger partial charge >= 0.3 is 6.18 Å². The fourth-order valence-electron chi connectivity index (χ4n) is 5.04. The molecule has 0 aliphatic heterocycles. The standard InChI is InChI=1S/C27H35F3N4O3Si/c1-38(2,3)15-14-36-18-33-12-9-21-25-22(16-32-26(21)33)23(35)10-13-34(25)20-6-4-19(5-7-20)17-37-24(8-11-31)27(28,29)30/h9-10,12-13,16,19-20,24H,4-8,14-15,17-18H2,1-3H3/t19-,20-,24-/m1/s1. The van der Waals surface area contributed by atoms with Crippen LogP contribution in [0.3, 0.4) is 0 Å². The van der Waals surface area contributed by atoms with Crippen molar-refractivity contribution in [2.24, 2.45) is 5.92 Å². The van der Waals surface area contributed by atoms with Gasteiger partial charge in [-0.15, -0.1) is 0 Å². The summed E-state index contributed by atoms with van der Waals surface area (Å²) in [7, 11) is -1.19. The van der Waals surface area contributed by atoms with Gasteiger partial charge in [-0.2, -0.15) is 18.4 Å². The largest absolute Gasteiger partial charge is 0.415 e. The van der Waals surface area contributed by atoms with Crippen molar-refractivity contribution in [1.82, 2.24) is 14.1 Å². The number of rotatable bonds is 10. The van der Waals surface area contributed by atoms with Crippen molar-refractivity contribution in [3.05, 3.63) is 40.9 Å². The van der Waals surface area contributed by atoms with Crippen LogP contribution in [0.1, 0.15) is 38.1 Å². The van der Waals surface area contributed by atoms with Crippen LogP contribution in [-0.2, 0) is 16.2 Å². The Bertz CT molecular complexity index is 1350. The number of nitrogens with zero attached hydrogens (tertiary/aromatic N) is 4. The summed E-state index contributed by atoms with van der Waals surface area (Å²) in [5.74, 6) is -0.00323. The number of hydrogen-bond donors (Lipinski definition) is 0. The lowest BCUT2D eigenvalue weighted by molar-refractivity contribution is -0.222. The number of hydrogen-bond acceptors (Lipinski definition) is 5. The van der Waals surface area contributed by atoms with E-state index in [0.717, 1.165) is 35.4 Å². The average Bonchev–Trinajstić information content (AvgIpc) is 3.27. The second-order valence-corrected chi connectivity index (χ2v) is 17.0. The first kappa shape index (κ1) is 28.3. The smallest absolute Gasteiger partial charge is 0.367 e. The Labute approximate surface area is 221 Å². The van der Waals surface area contributed by atoms with E-state index in [1.54, 1.807) is 18.3 Å². The van der Waals surface area contributed by atoms with Crippen LogP contribution >= 0.6 is 0 Å². The number of fused-ring (bicyclic) bond motifs is 3. The van der Waals surface area contributed by atoms with Crippen LogP contribution in [-0.4, -0.2) is 47.7 Å². The minimum absolute atomic E-state index is 0.00323. The van der Waals surface area contributed by atoms with E-state index in [0.29, 0.717) is 31.6 Å². The minimum atomic E-state index is -4.54. The molecule has 0 spiro atoms. The number of pyridine rings is 2. The Morgan fingerprint density at radius 3 is 2.55 bits per heavy atom. The van der Waals surface area contributed by atoms with Gasteiger partial charge in [-0.05, 0) is 43.7 Å². The van der Waals surface area contributed by atoms with Crippen molar-refractivity contribution < 1.29 is 22.6 Å². The van der Waals surface area contributed by atoms with Gasteiger partial charge in [-0.25, -0.2) is 4.98 Å². The maximum atomic E-state index is 13.1. The molecule has 1 fully saturated rings. The molecular weight excluding hydrogens is 513 g/mol. The van der Waals surface area contributed by atoms with Gasteiger partial charge in [0.15, 0.2) is 11.5 Å². The molecule has 0 bridgehead atoms. The first-order valence-corrected chi connectivity index (χ1v) is 16.8. The summed E-state index contributed by atoms with van der Waals surface area (Å²) in [6, 6.07) is 6.26. The molecule has 38 heavy (non-hydrogen) atoms. The molecular formula is C27H35F3N4O3Si. The topological polar surface area (TPSA) is 82.1 Å². The van der Waals surface area contributed by atoms with Crippen LogP contribution in [0.25, 0.3) is 21.9 Å². The minimum Gasteiger partial charge on any atom is -0.367 e. The van der Waals surface area contributed by atoms with Crippen molar-refractivity contribution in [2.45, 2.75) is 82.8 Å². The highest BCUT2D eigenvalue weighted by atomic mass is 28.3. The Hall–Kier alpha value is -2.68. The monoisotopic (exact) mass is 548 g/mol. The summed E-state index contributed by atoms with van der Waals surface area (Å²) in [4.78, 5) is 17.3. The summed E-state index contributed by atoms with van der Waals surface area (Å²) < 4.78 is 54.3. The number of ether oxygens (including phenoxy) is 2. The molecule has 4 rings (SSSR count). The van der Waals surface area contributed by atoms with Gasteiger partial charge < -0.3 is 18.6 Å². The lowest BCUT2D eigenvalue weighted by Crippen LogP contribution is -2.33. The normalized spacial score (nSPS) is 19.6. The van der Waals surface area contributed by atoms with Gasteiger partial charge in [0.25, 0.3) is 0 Å². The quantitative estimate of drug-likeness (QED) is 0.221. The third-order valence-corrected chi connectivity index (χ3v) is 8.99. The molecule has 1 aliphatic rings. The van der Waals surface area contributed by atoms with Crippen LogP contribution in [0.15, 0.2) is 35.5 Å². The van der Waals surface area contributed by atoms with Gasteiger partial charge in [0, 0.05) is 50.8 Å². The molecule has 0 amide bonds. The van der Waals surface area contributed by atoms with E-state index < -0.39 is 26.8 Å². The molecule has 1 atom stereocenters. The fraction of sp³-hybridized carbons (Fsp3) is 0.593. The summed E-state index contributed by atoms with van der Waals surface area (Å²) in [5, 5.41) is 10.1. The molecule has 206 valence electrons. The van der Waals surface area contributed by atoms with Crippen LogP contribution in [0, 0.1) is 17.2 Å². The third-order valence-electron chi connectivity index (χ3n) is 7.28. The molecule has 0 unspecified atom stereocenters. The molecule has 1 aliphatic carbocycles. The summed E-state index contributed by atoms with van der Waals surface area (Å²) in [5.41, 5.74) is 1.49. The highest BCUT2D eigenvalue weighted by Crippen LogP contribution is 2.36. The highest BCUT2D eigenvalue weighted by Gasteiger charge is 2.41. The zero-order chi connectivity index (χ0) is 27.5. The first-order chi connectivity index (χ1) is 18.0. The van der Waals surface area contributed by atoms with E-state index in [9.17, 15) is 18.0 Å². The molecule has 1 saturated carbocycles. The lowest BCUT2D eigenvalue weighted by Gasteiger charge is -2.32. The zero-order valence-electron chi connectivity index (χ0n) is 22.1. The molecule has 0 radical (unpaired) electrons. The van der Waals surface area contributed by atoms with E-state index in [2.05, 4.69) is 29.2 Å². The molecule has 7 nitrogen and oxygen atoms in total. The Kier molecular flexibility index (Phi) is 8.64. The average molecular weight is 549 g/mol. The van der Waals surface area contributed by atoms with Gasteiger partial charge in [-0.3, -0.25) is 4.79 Å². The van der Waals surface area contributed by atoms with Crippen molar-refractivity contribution in [2.75, 3.05) is 13.2 Å². The summed E-state index contributed by atoms with van der Waals surface area (Å²) in [6.07, 6.45) is 1.01. The van der Waals surface area contributed by atoms with Crippen LogP contribution in [0.5, 0.6) is 0 Å². The number of halogens is 3. The van der Waals surface area contributed by atoms with Gasteiger partial charge in [0.2, 0.25) is 0 Å². The van der Waals surface area contributed by atoms with E-state index in [-0.39, 0.29) is 24.0 Å². The van der Waals surface area contributed by atoms with E-state index in [4.69, 9.17) is 14.7 Å². The van der Waals surface area contributed by atoms with Gasteiger partial charge in [0.1, 0.15) is 12.4 Å². The molecule has 3 aromatic rings. The number of aromatic nitrogens is 3. The van der Waals surface area contributed by atoms with Crippen LogP contribution in [0.4, 0.5) is 13.2 Å². The SMILES string of the molecule is C[Si](C)(C)CCOCn1ccc2c1ncc1c(=O)ccn([C@H]3CC[C@H](CO[C@H](CC#N)C(F)(F)F)CC3)c12. The second kappa shape index (κ2) is 11.6. The Morgan fingerprint density at radius 2 is 1.89 bits per heavy atom. The van der Waals surface area contributed by atoms with Crippen molar-refractivity contribution in [1.29, 1.82) is 5.26 Å². The Morgan fingerprint density at radius 1 is 1.16 bits per heavy atom. The maximum absolute atomic E-state index is 13.1. The van der Waals surface area contributed by atoms with Crippen molar-refractivity contribution in [3.8, 4) is 6.07 Å². The van der Waals surface area contributed by atoms with Crippen LogP contribution in [0.2, 0.25) is 25.7 Å². The molecule has 3 aromatic heterocycles. The summed E-state index contributed by atoms with van der Waals surface area (Å²) >= 11 is 0. The predicted octanol–water partition coefficient (Wildman–Crippen LogP) is 6.26. The fourth-order valence-corrected chi connectivity index (χ4v) is 5.80.